The van der Waals surface area contributed by atoms with Gasteiger partial charge in [0.1, 0.15) is 5.00 Å². The van der Waals surface area contributed by atoms with Gasteiger partial charge in [0.25, 0.3) is 11.8 Å². The van der Waals surface area contributed by atoms with Crippen LogP contribution in [0, 0.1) is 6.92 Å². The Kier molecular flexibility index (Phi) is 4.01. The molecule has 0 aliphatic heterocycles. The molecule has 0 aliphatic carbocycles. The van der Waals surface area contributed by atoms with E-state index in [0.29, 0.717) is 16.1 Å². The summed E-state index contributed by atoms with van der Waals surface area (Å²) < 4.78 is 0.824. The molecule has 1 aromatic carbocycles. The quantitative estimate of drug-likeness (QED) is 0.902. The van der Waals surface area contributed by atoms with Gasteiger partial charge in [-0.05, 0) is 36.1 Å². The van der Waals surface area contributed by atoms with Gasteiger partial charge in [-0.3, -0.25) is 9.59 Å². The first-order chi connectivity index (χ1) is 8.99. The number of carbonyl (C=O) groups is 2. The Bertz CT molecular complexity index is 652. The van der Waals surface area contributed by atoms with E-state index in [4.69, 9.17) is 5.73 Å². The first-order valence-corrected chi connectivity index (χ1v) is 7.11. The van der Waals surface area contributed by atoms with Crippen molar-refractivity contribution < 1.29 is 9.59 Å². The standard InChI is InChI=1S/C13H11BrN2O2S/c1-7-2-3-8(14)6-10(7)12(18)16-13-9(11(15)17)4-5-19-13/h2-6H,1H3,(H2,15,17)(H,16,18). The summed E-state index contributed by atoms with van der Waals surface area (Å²) in [4.78, 5) is 23.4. The second-order valence-corrected chi connectivity index (χ2v) is 5.77. The lowest BCUT2D eigenvalue weighted by Crippen LogP contribution is -2.17. The molecule has 2 rings (SSSR count). The first kappa shape index (κ1) is 13.8. The maximum Gasteiger partial charge on any atom is 0.256 e. The molecule has 3 N–H and O–H groups in total. The highest BCUT2D eigenvalue weighted by molar-refractivity contribution is 9.10. The zero-order chi connectivity index (χ0) is 14.0. The lowest BCUT2D eigenvalue weighted by molar-refractivity contribution is 0.100. The van der Waals surface area contributed by atoms with Gasteiger partial charge in [-0.25, -0.2) is 0 Å². The summed E-state index contributed by atoms with van der Waals surface area (Å²) in [5.74, 6) is -0.814. The lowest BCUT2D eigenvalue weighted by atomic mass is 10.1. The third-order valence-corrected chi connectivity index (χ3v) is 3.93. The van der Waals surface area contributed by atoms with E-state index in [9.17, 15) is 9.59 Å². The molecule has 1 aromatic heterocycles. The Balaban J connectivity index is 2.28. The van der Waals surface area contributed by atoms with E-state index in [1.807, 2.05) is 19.1 Å². The van der Waals surface area contributed by atoms with Crippen LogP contribution in [0.3, 0.4) is 0 Å². The molecule has 2 aromatic rings. The maximum atomic E-state index is 12.2. The van der Waals surface area contributed by atoms with Crippen molar-refractivity contribution in [2.24, 2.45) is 5.73 Å². The minimum absolute atomic E-state index is 0.260. The number of amides is 2. The molecule has 0 spiro atoms. The SMILES string of the molecule is Cc1ccc(Br)cc1C(=O)Nc1sccc1C(N)=O. The van der Waals surface area contributed by atoms with E-state index in [1.54, 1.807) is 17.5 Å². The van der Waals surface area contributed by atoms with E-state index < -0.39 is 5.91 Å². The Morgan fingerprint density at radius 1 is 1.26 bits per heavy atom. The normalized spacial score (nSPS) is 10.2. The van der Waals surface area contributed by atoms with Gasteiger partial charge >= 0.3 is 0 Å². The van der Waals surface area contributed by atoms with Crippen LogP contribution >= 0.6 is 27.3 Å². The van der Waals surface area contributed by atoms with Crippen molar-refractivity contribution in [2.75, 3.05) is 5.32 Å². The van der Waals surface area contributed by atoms with Crippen LogP contribution in [0.1, 0.15) is 26.3 Å². The second kappa shape index (κ2) is 5.54. The topological polar surface area (TPSA) is 72.2 Å². The van der Waals surface area contributed by atoms with Gasteiger partial charge in [0, 0.05) is 10.0 Å². The third kappa shape index (κ3) is 3.02. The molecule has 0 bridgehead atoms. The molecule has 2 amide bonds. The van der Waals surface area contributed by atoms with Crippen LogP contribution in [0.25, 0.3) is 0 Å². The monoisotopic (exact) mass is 338 g/mol. The molecule has 0 saturated carbocycles. The number of carbonyl (C=O) groups excluding carboxylic acids is 2. The van der Waals surface area contributed by atoms with Crippen molar-refractivity contribution >= 4 is 44.1 Å². The molecular formula is C13H11BrN2O2S. The molecule has 4 nitrogen and oxygen atoms in total. The number of anilines is 1. The fourth-order valence-corrected chi connectivity index (χ4v) is 2.76. The van der Waals surface area contributed by atoms with Crippen molar-refractivity contribution in [3.63, 3.8) is 0 Å². The van der Waals surface area contributed by atoms with Crippen LogP contribution in [0.2, 0.25) is 0 Å². The number of aryl methyl sites for hydroxylation is 1. The fraction of sp³-hybridized carbons (Fsp3) is 0.0769. The minimum Gasteiger partial charge on any atom is -0.366 e. The minimum atomic E-state index is -0.553. The van der Waals surface area contributed by atoms with Crippen molar-refractivity contribution in [1.29, 1.82) is 0 Å². The van der Waals surface area contributed by atoms with Crippen LogP contribution in [-0.2, 0) is 0 Å². The Labute approximate surface area is 122 Å². The number of hydrogen-bond donors (Lipinski definition) is 2. The average molecular weight is 339 g/mol. The number of rotatable bonds is 3. The third-order valence-electron chi connectivity index (χ3n) is 2.60. The largest absolute Gasteiger partial charge is 0.366 e. The molecule has 0 aliphatic rings. The van der Waals surface area contributed by atoms with E-state index in [-0.39, 0.29) is 5.91 Å². The van der Waals surface area contributed by atoms with E-state index in [1.165, 1.54) is 11.3 Å². The summed E-state index contributed by atoms with van der Waals surface area (Å²) in [6.07, 6.45) is 0. The molecule has 0 radical (unpaired) electrons. The van der Waals surface area contributed by atoms with Crippen molar-refractivity contribution in [3.8, 4) is 0 Å². The first-order valence-electron chi connectivity index (χ1n) is 5.44. The number of hydrogen-bond acceptors (Lipinski definition) is 3. The number of benzene rings is 1. The van der Waals surface area contributed by atoms with E-state index >= 15 is 0 Å². The Hall–Kier alpha value is -1.66. The predicted octanol–water partition coefficient (Wildman–Crippen LogP) is 3.17. The number of halogens is 1. The van der Waals surface area contributed by atoms with Gasteiger partial charge in [0.15, 0.2) is 0 Å². The highest BCUT2D eigenvalue weighted by atomic mass is 79.9. The van der Waals surface area contributed by atoms with Crippen molar-refractivity contribution in [2.45, 2.75) is 6.92 Å². The summed E-state index contributed by atoms with van der Waals surface area (Å²) in [7, 11) is 0. The lowest BCUT2D eigenvalue weighted by Gasteiger charge is -2.07. The van der Waals surface area contributed by atoms with Crippen LogP contribution in [0.4, 0.5) is 5.00 Å². The summed E-state index contributed by atoms with van der Waals surface area (Å²) in [6.45, 7) is 1.85. The highest BCUT2D eigenvalue weighted by Crippen LogP contribution is 2.24. The number of nitrogens with one attached hydrogen (secondary N) is 1. The zero-order valence-electron chi connectivity index (χ0n) is 10.1. The van der Waals surface area contributed by atoms with Crippen LogP contribution in [0.5, 0.6) is 0 Å². The van der Waals surface area contributed by atoms with Gasteiger partial charge in [0.05, 0.1) is 5.56 Å². The van der Waals surface area contributed by atoms with Gasteiger partial charge in [0.2, 0.25) is 0 Å². The van der Waals surface area contributed by atoms with E-state index in [2.05, 4.69) is 21.2 Å². The molecule has 1 heterocycles. The molecular weight excluding hydrogens is 328 g/mol. The Morgan fingerprint density at radius 2 is 2.00 bits per heavy atom. The Morgan fingerprint density at radius 3 is 2.68 bits per heavy atom. The molecule has 0 saturated heterocycles. The van der Waals surface area contributed by atoms with Gasteiger partial charge in [-0.1, -0.05) is 22.0 Å². The summed E-state index contributed by atoms with van der Waals surface area (Å²) in [6, 6.07) is 7.05. The van der Waals surface area contributed by atoms with Crippen LogP contribution in [0.15, 0.2) is 34.1 Å². The van der Waals surface area contributed by atoms with Crippen molar-refractivity contribution in [1.82, 2.24) is 0 Å². The average Bonchev–Trinajstić information content (AvgIpc) is 2.80. The van der Waals surface area contributed by atoms with E-state index in [0.717, 1.165) is 10.0 Å². The molecule has 0 fully saturated rings. The summed E-state index contributed by atoms with van der Waals surface area (Å²) >= 11 is 4.60. The number of thiophene rings is 1. The summed E-state index contributed by atoms with van der Waals surface area (Å²) in [5.41, 5.74) is 6.97. The number of nitrogens with two attached hydrogens (primary N) is 1. The molecule has 98 valence electrons. The van der Waals surface area contributed by atoms with Crippen LogP contribution < -0.4 is 11.1 Å². The highest BCUT2D eigenvalue weighted by Gasteiger charge is 2.15. The molecule has 0 unspecified atom stereocenters. The molecule has 6 heteroatoms. The van der Waals surface area contributed by atoms with Crippen LogP contribution in [-0.4, -0.2) is 11.8 Å². The summed E-state index contributed by atoms with van der Waals surface area (Å²) in [5, 5.41) is 4.90. The van der Waals surface area contributed by atoms with Gasteiger partial charge in [-0.2, -0.15) is 0 Å². The molecule has 19 heavy (non-hydrogen) atoms. The smallest absolute Gasteiger partial charge is 0.256 e. The maximum absolute atomic E-state index is 12.2. The predicted molar refractivity (Wildman–Crippen MR) is 79.7 cm³/mol. The molecule has 0 atom stereocenters. The zero-order valence-corrected chi connectivity index (χ0v) is 12.5. The fourth-order valence-electron chi connectivity index (χ4n) is 1.61. The van der Waals surface area contributed by atoms with Crippen molar-refractivity contribution in [3.05, 3.63) is 50.8 Å². The van der Waals surface area contributed by atoms with Gasteiger partial charge < -0.3 is 11.1 Å². The van der Waals surface area contributed by atoms with Gasteiger partial charge in [-0.15, -0.1) is 11.3 Å². The second-order valence-electron chi connectivity index (χ2n) is 3.94. The number of primary amides is 1.